The summed E-state index contributed by atoms with van der Waals surface area (Å²) in [6, 6.07) is 10.2. The molecule has 0 bridgehead atoms. The first-order chi connectivity index (χ1) is 11.4. The molecule has 0 saturated heterocycles. The summed E-state index contributed by atoms with van der Waals surface area (Å²) in [6.07, 6.45) is 1.54. The number of rotatable bonds is 7. The summed E-state index contributed by atoms with van der Waals surface area (Å²) in [5.74, 6) is 0.895. The van der Waals surface area contributed by atoms with Crippen LogP contribution in [-0.2, 0) is 4.79 Å². The quantitative estimate of drug-likeness (QED) is 0.715. The molecule has 1 aromatic carbocycles. The molecule has 6 nitrogen and oxygen atoms in total. The van der Waals surface area contributed by atoms with Gasteiger partial charge in [0.15, 0.2) is 6.61 Å². The van der Waals surface area contributed by atoms with E-state index in [9.17, 15) is 9.90 Å². The molecule has 0 aliphatic rings. The van der Waals surface area contributed by atoms with E-state index < -0.39 is 5.54 Å². The Morgan fingerprint density at radius 1 is 1.25 bits per heavy atom. The molecule has 1 amide bonds. The molecular weight excluding hydrogens is 330 g/mol. The second-order valence-corrected chi connectivity index (χ2v) is 6.33. The maximum absolute atomic E-state index is 11.9. The number of pyridine rings is 1. The van der Waals surface area contributed by atoms with Crippen LogP contribution in [0.15, 0.2) is 42.6 Å². The predicted molar refractivity (Wildman–Crippen MR) is 94.6 cm³/mol. The van der Waals surface area contributed by atoms with Gasteiger partial charge >= 0.3 is 0 Å². The second kappa shape index (κ2) is 7.99. The van der Waals surface area contributed by atoms with Crippen LogP contribution in [0, 0.1) is 0 Å². The molecule has 24 heavy (non-hydrogen) atoms. The van der Waals surface area contributed by atoms with Gasteiger partial charge in [-0.2, -0.15) is 0 Å². The molecule has 2 aromatic rings. The van der Waals surface area contributed by atoms with E-state index in [2.05, 4.69) is 15.6 Å². The highest BCUT2D eigenvalue weighted by molar-refractivity contribution is 6.30. The van der Waals surface area contributed by atoms with Gasteiger partial charge in [-0.1, -0.05) is 11.6 Å². The lowest BCUT2D eigenvalue weighted by molar-refractivity contribution is -0.118. The van der Waals surface area contributed by atoms with Crippen LogP contribution in [0.25, 0.3) is 0 Å². The molecule has 7 heteroatoms. The van der Waals surface area contributed by atoms with Gasteiger partial charge in [0, 0.05) is 5.02 Å². The van der Waals surface area contributed by atoms with Gasteiger partial charge in [-0.25, -0.2) is 4.98 Å². The fourth-order valence-electron chi connectivity index (χ4n) is 1.80. The van der Waals surface area contributed by atoms with E-state index in [1.165, 1.54) is 6.20 Å². The van der Waals surface area contributed by atoms with Crippen LogP contribution in [0.5, 0.6) is 5.75 Å². The van der Waals surface area contributed by atoms with E-state index in [0.29, 0.717) is 22.3 Å². The molecule has 0 spiro atoms. The van der Waals surface area contributed by atoms with Crippen molar-refractivity contribution in [2.24, 2.45) is 0 Å². The first-order valence-corrected chi connectivity index (χ1v) is 7.79. The summed E-state index contributed by atoms with van der Waals surface area (Å²) in [4.78, 5) is 16.1. The van der Waals surface area contributed by atoms with Crippen LogP contribution >= 0.6 is 11.6 Å². The minimum absolute atomic E-state index is 0.0186. The van der Waals surface area contributed by atoms with Crippen molar-refractivity contribution in [2.45, 2.75) is 19.4 Å². The van der Waals surface area contributed by atoms with Gasteiger partial charge < -0.3 is 20.5 Å². The number of halogens is 1. The third kappa shape index (κ3) is 5.72. The number of anilines is 2. The summed E-state index contributed by atoms with van der Waals surface area (Å²) < 4.78 is 5.37. The second-order valence-electron chi connectivity index (χ2n) is 5.89. The van der Waals surface area contributed by atoms with Crippen molar-refractivity contribution in [1.82, 2.24) is 4.98 Å². The third-order valence-corrected chi connectivity index (χ3v) is 3.34. The maximum atomic E-state index is 11.9. The van der Waals surface area contributed by atoms with Gasteiger partial charge in [0.2, 0.25) is 0 Å². The Labute approximate surface area is 145 Å². The fraction of sp³-hybridized carbons (Fsp3) is 0.294. The van der Waals surface area contributed by atoms with Crippen molar-refractivity contribution in [3.05, 3.63) is 47.6 Å². The highest BCUT2D eigenvalue weighted by Crippen LogP contribution is 2.16. The molecule has 3 N–H and O–H groups in total. The van der Waals surface area contributed by atoms with Crippen LogP contribution in [-0.4, -0.2) is 34.8 Å². The molecule has 128 valence electrons. The van der Waals surface area contributed by atoms with Gasteiger partial charge in [0.25, 0.3) is 5.91 Å². The number of nitrogens with zero attached hydrogens (tertiary/aromatic N) is 1. The summed E-state index contributed by atoms with van der Waals surface area (Å²) in [7, 11) is 0. The number of aliphatic hydroxyl groups is 1. The standard InChI is InChI=1S/C17H20ClN3O3/c1-17(2,11-22)21-15-8-5-13(9-19-15)20-16(23)10-24-14-6-3-12(18)4-7-14/h3-9,22H,10-11H2,1-2H3,(H,19,21)(H,20,23). The van der Waals surface area contributed by atoms with Crippen LogP contribution in [0.3, 0.4) is 0 Å². The number of hydrogen-bond acceptors (Lipinski definition) is 5. The molecule has 0 aliphatic heterocycles. The number of amides is 1. The van der Waals surface area contributed by atoms with E-state index in [1.54, 1.807) is 36.4 Å². The zero-order chi connectivity index (χ0) is 17.6. The molecule has 0 fully saturated rings. The van der Waals surface area contributed by atoms with Gasteiger partial charge in [0.05, 0.1) is 24.0 Å². The van der Waals surface area contributed by atoms with Crippen molar-refractivity contribution in [2.75, 3.05) is 23.8 Å². The van der Waals surface area contributed by atoms with E-state index in [0.717, 1.165) is 0 Å². The molecule has 1 aromatic heterocycles. The Hall–Kier alpha value is -2.31. The van der Waals surface area contributed by atoms with E-state index in [-0.39, 0.29) is 19.1 Å². The lowest BCUT2D eigenvalue weighted by atomic mass is 10.1. The van der Waals surface area contributed by atoms with Crippen LogP contribution < -0.4 is 15.4 Å². The van der Waals surface area contributed by atoms with Crippen molar-refractivity contribution < 1.29 is 14.6 Å². The number of carbonyl (C=O) groups excluding carboxylic acids is 1. The highest BCUT2D eigenvalue weighted by atomic mass is 35.5. The molecule has 2 rings (SSSR count). The smallest absolute Gasteiger partial charge is 0.262 e. The SMILES string of the molecule is CC(C)(CO)Nc1ccc(NC(=O)COc2ccc(Cl)cc2)cn1. The Morgan fingerprint density at radius 2 is 1.96 bits per heavy atom. The summed E-state index contributed by atoms with van der Waals surface area (Å²) >= 11 is 5.78. The normalized spacial score (nSPS) is 11.0. The molecule has 0 radical (unpaired) electrons. The Balaban J connectivity index is 1.84. The van der Waals surface area contributed by atoms with Crippen LogP contribution in [0.2, 0.25) is 5.02 Å². The van der Waals surface area contributed by atoms with E-state index >= 15 is 0 Å². The number of aromatic nitrogens is 1. The van der Waals surface area contributed by atoms with Crippen LogP contribution in [0.1, 0.15) is 13.8 Å². The maximum Gasteiger partial charge on any atom is 0.262 e. The first kappa shape index (κ1) is 18.0. The van der Waals surface area contributed by atoms with Gasteiger partial charge in [-0.05, 0) is 50.2 Å². The topological polar surface area (TPSA) is 83.5 Å². The summed E-state index contributed by atoms with van der Waals surface area (Å²) in [5, 5.41) is 15.6. The Morgan fingerprint density at radius 3 is 2.54 bits per heavy atom. The molecule has 0 unspecified atom stereocenters. The minimum atomic E-state index is -0.468. The third-order valence-electron chi connectivity index (χ3n) is 3.09. The van der Waals surface area contributed by atoms with Crippen LogP contribution in [0.4, 0.5) is 11.5 Å². The largest absolute Gasteiger partial charge is 0.484 e. The average molecular weight is 350 g/mol. The van der Waals surface area contributed by atoms with Gasteiger partial charge in [-0.3, -0.25) is 4.79 Å². The lowest BCUT2D eigenvalue weighted by Crippen LogP contribution is -2.35. The fourth-order valence-corrected chi connectivity index (χ4v) is 1.93. The average Bonchev–Trinajstić information content (AvgIpc) is 2.56. The Kier molecular flexibility index (Phi) is 6.00. The van der Waals surface area contributed by atoms with E-state index in [1.807, 2.05) is 13.8 Å². The highest BCUT2D eigenvalue weighted by Gasteiger charge is 2.16. The first-order valence-electron chi connectivity index (χ1n) is 7.41. The van der Waals surface area contributed by atoms with Gasteiger partial charge in [-0.15, -0.1) is 0 Å². The van der Waals surface area contributed by atoms with Crippen molar-refractivity contribution in [3.63, 3.8) is 0 Å². The number of benzene rings is 1. The molecule has 0 aliphatic carbocycles. The molecule has 0 atom stereocenters. The molecule has 1 heterocycles. The Bertz CT molecular complexity index is 672. The lowest BCUT2D eigenvalue weighted by Gasteiger charge is -2.24. The number of ether oxygens (including phenoxy) is 1. The van der Waals surface area contributed by atoms with E-state index in [4.69, 9.17) is 16.3 Å². The zero-order valence-corrected chi connectivity index (χ0v) is 14.3. The molecular formula is C17H20ClN3O3. The van der Waals surface area contributed by atoms with Crippen molar-refractivity contribution in [1.29, 1.82) is 0 Å². The van der Waals surface area contributed by atoms with Crippen molar-refractivity contribution in [3.8, 4) is 5.75 Å². The number of nitrogens with one attached hydrogen (secondary N) is 2. The zero-order valence-electron chi connectivity index (χ0n) is 13.5. The van der Waals surface area contributed by atoms with Crippen molar-refractivity contribution >= 4 is 29.0 Å². The number of aliphatic hydroxyl groups excluding tert-OH is 1. The number of carbonyl (C=O) groups is 1. The summed E-state index contributed by atoms with van der Waals surface area (Å²) in [5.41, 5.74) is 0.0940. The predicted octanol–water partition coefficient (Wildman–Crippen LogP) is 2.94. The minimum Gasteiger partial charge on any atom is -0.484 e. The summed E-state index contributed by atoms with van der Waals surface area (Å²) in [6.45, 7) is 3.59. The monoisotopic (exact) mass is 349 g/mol. The molecule has 0 saturated carbocycles. The van der Waals surface area contributed by atoms with Gasteiger partial charge in [0.1, 0.15) is 11.6 Å². The number of hydrogen-bond donors (Lipinski definition) is 3.